The first kappa shape index (κ1) is 17.1. The first-order valence-electron chi connectivity index (χ1n) is 8.17. The topological polar surface area (TPSA) is 102 Å². The lowest BCUT2D eigenvalue weighted by molar-refractivity contribution is 0.289. The molecule has 0 saturated carbocycles. The summed E-state index contributed by atoms with van der Waals surface area (Å²) in [4.78, 5) is 7.27. The molecule has 0 spiro atoms. The van der Waals surface area contributed by atoms with Gasteiger partial charge in [0.15, 0.2) is 5.82 Å². The van der Waals surface area contributed by atoms with Gasteiger partial charge in [-0.1, -0.05) is 12.1 Å². The molecule has 2 aromatic heterocycles. The first-order valence-corrected chi connectivity index (χ1v) is 9.66. The van der Waals surface area contributed by atoms with Crippen LogP contribution < -0.4 is 9.46 Å². The van der Waals surface area contributed by atoms with Crippen LogP contribution in [0.3, 0.4) is 0 Å². The number of fused-ring (bicyclic) bond motifs is 1. The minimum absolute atomic E-state index is 0.150. The number of rotatable bonds is 6. The Bertz CT molecular complexity index is 1180. The lowest BCUT2D eigenvalue weighted by Crippen LogP contribution is -2.13. The number of nitrogens with zero attached hydrogens (tertiary/aromatic N) is 3. The van der Waals surface area contributed by atoms with Gasteiger partial charge in [-0.05, 0) is 36.4 Å². The molecule has 0 fully saturated rings. The average Bonchev–Trinajstić information content (AvgIpc) is 3.29. The molecule has 0 amide bonds. The van der Waals surface area contributed by atoms with Gasteiger partial charge in [-0.25, -0.2) is 13.4 Å². The van der Waals surface area contributed by atoms with Gasteiger partial charge in [0.25, 0.3) is 10.0 Å². The molecule has 0 aliphatic carbocycles. The molecular weight excluding hydrogens is 366 g/mol. The van der Waals surface area contributed by atoms with Crippen LogP contribution in [0.1, 0.15) is 5.82 Å². The maximum atomic E-state index is 12.7. The molecule has 0 bridgehead atoms. The van der Waals surface area contributed by atoms with Gasteiger partial charge in [-0.2, -0.15) is 5.10 Å². The van der Waals surface area contributed by atoms with Crippen molar-refractivity contribution in [2.24, 2.45) is 7.05 Å². The summed E-state index contributed by atoms with van der Waals surface area (Å²) in [6, 6.07) is 13.5. The molecule has 2 heterocycles. The van der Waals surface area contributed by atoms with E-state index in [1.165, 1.54) is 18.5 Å². The molecule has 4 aromatic rings. The Morgan fingerprint density at radius 3 is 2.70 bits per heavy atom. The zero-order valence-electron chi connectivity index (χ0n) is 14.5. The summed E-state index contributed by atoms with van der Waals surface area (Å²) in [5.41, 5.74) is 1.24. The molecule has 0 aliphatic rings. The maximum Gasteiger partial charge on any atom is 0.261 e. The SMILES string of the molecule is Cn1ncnc1COc1ccc(S(=O)(=O)Nc2cccc3cc[nH]c23)cc1. The third-order valence-corrected chi connectivity index (χ3v) is 5.52. The van der Waals surface area contributed by atoms with Crippen LogP contribution in [0, 0.1) is 0 Å². The normalized spacial score (nSPS) is 11.6. The quantitative estimate of drug-likeness (QED) is 0.533. The van der Waals surface area contributed by atoms with Crippen molar-refractivity contribution in [1.82, 2.24) is 19.7 Å². The van der Waals surface area contributed by atoms with Crippen molar-refractivity contribution in [3.63, 3.8) is 0 Å². The first-order chi connectivity index (χ1) is 13.0. The number of ether oxygens (including phenoxy) is 1. The molecule has 2 aromatic carbocycles. The number of H-pyrrole nitrogens is 1. The van der Waals surface area contributed by atoms with Crippen molar-refractivity contribution < 1.29 is 13.2 Å². The van der Waals surface area contributed by atoms with Crippen LogP contribution in [-0.2, 0) is 23.7 Å². The van der Waals surface area contributed by atoms with Crippen LogP contribution >= 0.6 is 0 Å². The van der Waals surface area contributed by atoms with Crippen LogP contribution in [0.25, 0.3) is 10.9 Å². The molecule has 0 aliphatic heterocycles. The van der Waals surface area contributed by atoms with Gasteiger partial charge in [-0.15, -0.1) is 0 Å². The van der Waals surface area contributed by atoms with Gasteiger partial charge >= 0.3 is 0 Å². The summed E-state index contributed by atoms with van der Waals surface area (Å²) in [6.07, 6.45) is 3.22. The second kappa shape index (κ2) is 6.76. The van der Waals surface area contributed by atoms with Crippen molar-refractivity contribution in [2.45, 2.75) is 11.5 Å². The van der Waals surface area contributed by atoms with Crippen LogP contribution in [-0.4, -0.2) is 28.2 Å². The lowest BCUT2D eigenvalue weighted by atomic mass is 10.2. The molecule has 0 atom stereocenters. The highest BCUT2D eigenvalue weighted by Gasteiger charge is 2.16. The minimum Gasteiger partial charge on any atom is -0.486 e. The Hall–Kier alpha value is -3.33. The molecular formula is C18H17N5O3S. The smallest absolute Gasteiger partial charge is 0.261 e. The highest BCUT2D eigenvalue weighted by molar-refractivity contribution is 7.92. The number of hydrogen-bond acceptors (Lipinski definition) is 5. The van der Waals surface area contributed by atoms with Crippen molar-refractivity contribution in [2.75, 3.05) is 4.72 Å². The average molecular weight is 383 g/mol. The largest absolute Gasteiger partial charge is 0.486 e. The lowest BCUT2D eigenvalue weighted by Gasteiger charge is -2.10. The monoisotopic (exact) mass is 383 g/mol. The highest BCUT2D eigenvalue weighted by atomic mass is 32.2. The van der Waals surface area contributed by atoms with Crippen LogP contribution in [0.4, 0.5) is 5.69 Å². The predicted octanol–water partition coefficient (Wildman–Crippen LogP) is 2.68. The highest BCUT2D eigenvalue weighted by Crippen LogP contribution is 2.25. The van der Waals surface area contributed by atoms with E-state index in [0.29, 0.717) is 17.3 Å². The van der Waals surface area contributed by atoms with Crippen LogP contribution in [0.2, 0.25) is 0 Å². The summed E-state index contributed by atoms with van der Waals surface area (Å²) in [5, 5.41) is 4.90. The summed E-state index contributed by atoms with van der Waals surface area (Å²) in [5.74, 6) is 1.22. The van der Waals surface area contributed by atoms with E-state index in [0.717, 1.165) is 10.9 Å². The molecule has 0 radical (unpaired) electrons. The second-order valence-corrected chi connectivity index (χ2v) is 7.60. The number of para-hydroxylation sites is 1. The van der Waals surface area contributed by atoms with Crippen LogP contribution in [0.5, 0.6) is 5.75 Å². The van der Waals surface area contributed by atoms with E-state index in [2.05, 4.69) is 19.8 Å². The molecule has 9 heteroatoms. The molecule has 8 nitrogen and oxygen atoms in total. The maximum absolute atomic E-state index is 12.7. The number of aromatic nitrogens is 4. The Morgan fingerprint density at radius 2 is 1.96 bits per heavy atom. The third-order valence-electron chi connectivity index (χ3n) is 4.14. The molecule has 0 saturated heterocycles. The van der Waals surface area contributed by atoms with E-state index in [1.807, 2.05) is 12.1 Å². The molecule has 138 valence electrons. The zero-order valence-corrected chi connectivity index (χ0v) is 15.3. The number of anilines is 1. The van der Waals surface area contributed by atoms with Crippen molar-refractivity contribution in [3.05, 3.63) is 66.9 Å². The Labute approximate surface area is 155 Å². The summed E-state index contributed by atoms with van der Waals surface area (Å²) in [6.45, 7) is 0.246. The van der Waals surface area contributed by atoms with E-state index in [4.69, 9.17) is 4.74 Å². The summed E-state index contributed by atoms with van der Waals surface area (Å²) < 4.78 is 35.2. The molecule has 0 unspecified atom stereocenters. The number of sulfonamides is 1. The summed E-state index contributed by atoms with van der Waals surface area (Å²) >= 11 is 0. The van der Waals surface area contributed by atoms with Gasteiger partial charge < -0.3 is 9.72 Å². The fourth-order valence-corrected chi connectivity index (χ4v) is 3.76. The second-order valence-electron chi connectivity index (χ2n) is 5.91. The number of nitrogens with one attached hydrogen (secondary N) is 2. The van der Waals surface area contributed by atoms with Gasteiger partial charge in [-0.3, -0.25) is 9.40 Å². The van der Waals surface area contributed by atoms with Gasteiger partial charge in [0, 0.05) is 18.6 Å². The Balaban J connectivity index is 1.50. The number of hydrogen-bond donors (Lipinski definition) is 2. The van der Waals surface area contributed by atoms with E-state index >= 15 is 0 Å². The molecule has 4 rings (SSSR count). The van der Waals surface area contributed by atoms with Gasteiger partial charge in [0.05, 0.1) is 16.1 Å². The van der Waals surface area contributed by atoms with E-state index in [1.54, 1.807) is 42.2 Å². The van der Waals surface area contributed by atoms with E-state index < -0.39 is 10.0 Å². The fourth-order valence-electron chi connectivity index (χ4n) is 2.69. The standard InChI is InChI=1S/C18H17N5O3S/c1-23-17(20-12-21-23)11-26-14-5-7-15(8-6-14)27(24,25)22-16-4-2-3-13-9-10-19-18(13)16/h2-10,12,19,22H,11H2,1H3. The van der Waals surface area contributed by atoms with E-state index in [9.17, 15) is 8.42 Å². The van der Waals surface area contributed by atoms with E-state index in [-0.39, 0.29) is 11.5 Å². The predicted molar refractivity (Wildman–Crippen MR) is 101 cm³/mol. The third kappa shape index (κ3) is 3.49. The zero-order chi connectivity index (χ0) is 18.9. The fraction of sp³-hybridized carbons (Fsp3) is 0.111. The molecule has 27 heavy (non-hydrogen) atoms. The van der Waals surface area contributed by atoms with Gasteiger partial charge in [0.2, 0.25) is 0 Å². The Morgan fingerprint density at radius 1 is 1.15 bits per heavy atom. The summed E-state index contributed by atoms with van der Waals surface area (Å²) in [7, 11) is -1.94. The van der Waals surface area contributed by atoms with Crippen molar-refractivity contribution >= 4 is 26.6 Å². The Kier molecular flexibility index (Phi) is 4.28. The van der Waals surface area contributed by atoms with Crippen molar-refractivity contribution in [1.29, 1.82) is 0 Å². The van der Waals surface area contributed by atoms with Crippen molar-refractivity contribution in [3.8, 4) is 5.75 Å². The number of aromatic amines is 1. The van der Waals surface area contributed by atoms with Gasteiger partial charge in [0.1, 0.15) is 18.7 Å². The molecule has 2 N–H and O–H groups in total. The minimum atomic E-state index is -3.72. The number of aryl methyl sites for hydroxylation is 1. The van der Waals surface area contributed by atoms with Crippen LogP contribution in [0.15, 0.2) is 66.0 Å². The number of benzene rings is 2.